The van der Waals surface area contributed by atoms with E-state index in [1.807, 2.05) is 12.1 Å². The van der Waals surface area contributed by atoms with Gasteiger partial charge in [-0.3, -0.25) is 9.59 Å². The molecule has 0 radical (unpaired) electrons. The molecule has 0 aliphatic heterocycles. The van der Waals surface area contributed by atoms with Crippen LogP contribution in [0.15, 0.2) is 91.0 Å². The number of halogens is 1. The summed E-state index contributed by atoms with van der Waals surface area (Å²) in [6, 6.07) is 24.0. The van der Waals surface area contributed by atoms with Gasteiger partial charge in [-0.25, -0.2) is 4.39 Å². The van der Waals surface area contributed by atoms with E-state index in [0.29, 0.717) is 24.4 Å². The van der Waals surface area contributed by atoms with Gasteiger partial charge in [0.25, 0.3) is 0 Å². The van der Waals surface area contributed by atoms with E-state index in [2.05, 4.69) is 68.1 Å². The molecule has 2 aliphatic rings. The molecule has 0 saturated heterocycles. The first kappa shape index (κ1) is 32.8. The number of benzene rings is 3. The van der Waals surface area contributed by atoms with Gasteiger partial charge in [0.05, 0.1) is 0 Å². The van der Waals surface area contributed by atoms with E-state index < -0.39 is 0 Å². The van der Waals surface area contributed by atoms with Crippen molar-refractivity contribution in [2.75, 3.05) is 0 Å². The number of aryl methyl sites for hydroxylation is 2. The first-order valence-electron chi connectivity index (χ1n) is 17.2. The van der Waals surface area contributed by atoms with Gasteiger partial charge in [0.15, 0.2) is 0 Å². The van der Waals surface area contributed by atoms with Crippen LogP contribution in [0.3, 0.4) is 0 Å². The molecule has 0 unspecified atom stereocenters. The Morgan fingerprint density at radius 1 is 0.800 bits per heavy atom. The van der Waals surface area contributed by atoms with Gasteiger partial charge >= 0.3 is 0 Å². The van der Waals surface area contributed by atoms with E-state index in [0.717, 1.165) is 80.9 Å². The van der Waals surface area contributed by atoms with Crippen molar-refractivity contribution < 1.29 is 14.0 Å². The summed E-state index contributed by atoms with van der Waals surface area (Å²) in [5.41, 5.74) is 7.81. The maximum Gasteiger partial charge on any atom is 0.143 e. The Kier molecular flexibility index (Phi) is 11.4. The van der Waals surface area contributed by atoms with Gasteiger partial charge < -0.3 is 0 Å². The number of allylic oxidation sites excluding steroid dienone is 3. The minimum atomic E-state index is -0.296. The monoisotopic (exact) mass is 604 g/mol. The molecule has 0 amide bonds. The van der Waals surface area contributed by atoms with Gasteiger partial charge in [-0.15, -0.1) is 0 Å². The van der Waals surface area contributed by atoms with Gasteiger partial charge in [-0.1, -0.05) is 105 Å². The van der Waals surface area contributed by atoms with Crippen molar-refractivity contribution >= 4 is 17.1 Å². The zero-order valence-electron chi connectivity index (χ0n) is 27.1. The van der Waals surface area contributed by atoms with Crippen LogP contribution in [0.25, 0.3) is 5.57 Å². The van der Waals surface area contributed by atoms with Crippen molar-refractivity contribution in [2.24, 2.45) is 11.3 Å². The van der Waals surface area contributed by atoms with Gasteiger partial charge in [0, 0.05) is 24.2 Å². The van der Waals surface area contributed by atoms with Crippen molar-refractivity contribution in [2.45, 2.75) is 103 Å². The number of hydrogen-bond acceptors (Lipinski definition) is 2. The fourth-order valence-electron chi connectivity index (χ4n) is 7.46. The molecular formula is C42H49FO2. The molecule has 1 atom stereocenters. The lowest BCUT2D eigenvalue weighted by Gasteiger charge is -2.27. The Hall–Kier alpha value is -3.59. The lowest BCUT2D eigenvalue weighted by molar-refractivity contribution is -0.126. The van der Waals surface area contributed by atoms with Crippen molar-refractivity contribution in [3.05, 3.63) is 125 Å². The Labute approximate surface area is 269 Å². The van der Waals surface area contributed by atoms with Gasteiger partial charge in [0.2, 0.25) is 0 Å². The molecule has 0 N–H and O–H groups in total. The molecule has 2 nitrogen and oxygen atoms in total. The highest BCUT2D eigenvalue weighted by Crippen LogP contribution is 2.46. The standard InChI is InChI=1S/C42H49FO2/c1-3-42(29-7-8-31(42)2)41(45)28-21-34-13-11-32(12-14-34)19-22-38(36-23-25-39(43)26-24-36)30-35-17-15-33(16-18-35)20-27-40(44)37-9-5-4-6-10-37/h11-18,22-26,37H,2-10,19-21,27-30H2,1H3/b38-22-/t42-/m1/s1. The molecule has 3 heteroatoms. The van der Waals surface area contributed by atoms with Crippen molar-refractivity contribution in [3.8, 4) is 0 Å². The Bertz CT molecular complexity index is 1470. The predicted octanol–water partition coefficient (Wildman–Crippen LogP) is 10.4. The van der Waals surface area contributed by atoms with E-state index in [1.54, 1.807) is 0 Å². The minimum absolute atomic E-state index is 0.235. The number of Topliss-reactive ketones (excluding diaryl/α,β-unsaturated/α-hetero) is 2. The number of hydrogen-bond donors (Lipinski definition) is 0. The molecule has 0 bridgehead atoms. The predicted molar refractivity (Wildman–Crippen MR) is 184 cm³/mol. The van der Waals surface area contributed by atoms with Crippen LogP contribution in [0.1, 0.15) is 105 Å². The quantitative estimate of drug-likeness (QED) is 0.172. The fourth-order valence-corrected chi connectivity index (χ4v) is 7.46. The summed E-state index contributed by atoms with van der Waals surface area (Å²) < 4.78 is 13.8. The molecule has 2 fully saturated rings. The van der Waals surface area contributed by atoms with Gasteiger partial charge in [-0.2, -0.15) is 0 Å². The number of rotatable bonds is 14. The van der Waals surface area contributed by atoms with E-state index in [9.17, 15) is 14.0 Å². The number of carbonyl (C=O) groups is 2. The average Bonchev–Trinajstić information content (AvgIpc) is 3.47. The fraction of sp³-hybridized carbons (Fsp3) is 0.429. The van der Waals surface area contributed by atoms with Crippen LogP contribution >= 0.6 is 0 Å². The normalized spacial score (nSPS) is 19.2. The summed E-state index contributed by atoms with van der Waals surface area (Å²) in [6.45, 7) is 6.35. The third-order valence-electron chi connectivity index (χ3n) is 10.5. The van der Waals surface area contributed by atoms with Crippen LogP contribution in [0, 0.1) is 17.2 Å². The van der Waals surface area contributed by atoms with Crippen LogP contribution in [0.5, 0.6) is 0 Å². The van der Waals surface area contributed by atoms with Crippen LogP contribution in [0.4, 0.5) is 4.39 Å². The largest absolute Gasteiger partial charge is 0.299 e. The molecule has 5 rings (SSSR count). The minimum Gasteiger partial charge on any atom is -0.299 e. The lowest BCUT2D eigenvalue weighted by Crippen LogP contribution is -2.29. The maximum absolute atomic E-state index is 13.8. The van der Waals surface area contributed by atoms with Crippen molar-refractivity contribution in [1.82, 2.24) is 0 Å². The highest BCUT2D eigenvalue weighted by Gasteiger charge is 2.41. The molecule has 0 heterocycles. The number of ketones is 2. The molecule has 2 saturated carbocycles. The second-order valence-electron chi connectivity index (χ2n) is 13.4. The first-order valence-corrected chi connectivity index (χ1v) is 17.2. The molecule has 0 aromatic heterocycles. The highest BCUT2D eigenvalue weighted by atomic mass is 19.1. The Morgan fingerprint density at radius 2 is 1.40 bits per heavy atom. The van der Waals surface area contributed by atoms with E-state index >= 15 is 0 Å². The third-order valence-corrected chi connectivity index (χ3v) is 10.5. The summed E-state index contributed by atoms with van der Waals surface area (Å²) in [4.78, 5) is 25.8. The Balaban J connectivity index is 1.20. The molecule has 0 spiro atoms. The molecular weight excluding hydrogens is 555 g/mol. The zero-order valence-corrected chi connectivity index (χ0v) is 27.1. The Morgan fingerprint density at radius 3 is 2.00 bits per heavy atom. The number of carbonyl (C=O) groups excluding carboxylic acids is 2. The van der Waals surface area contributed by atoms with Crippen LogP contribution in [-0.4, -0.2) is 11.6 Å². The summed E-state index contributed by atoms with van der Waals surface area (Å²) >= 11 is 0. The topological polar surface area (TPSA) is 34.1 Å². The summed E-state index contributed by atoms with van der Waals surface area (Å²) in [5, 5.41) is 0. The molecule has 3 aromatic carbocycles. The average molecular weight is 605 g/mol. The third kappa shape index (κ3) is 8.57. The van der Waals surface area contributed by atoms with E-state index in [-0.39, 0.29) is 17.2 Å². The zero-order chi connectivity index (χ0) is 31.6. The summed E-state index contributed by atoms with van der Waals surface area (Å²) in [5.74, 6) is 0.825. The van der Waals surface area contributed by atoms with Gasteiger partial charge in [-0.05, 0) is 110 Å². The van der Waals surface area contributed by atoms with Crippen LogP contribution in [0.2, 0.25) is 0 Å². The van der Waals surface area contributed by atoms with E-state index in [1.165, 1.54) is 53.6 Å². The molecule has 2 aliphatic carbocycles. The highest BCUT2D eigenvalue weighted by molar-refractivity contribution is 5.88. The maximum atomic E-state index is 13.8. The molecule has 236 valence electrons. The van der Waals surface area contributed by atoms with E-state index in [4.69, 9.17) is 0 Å². The second kappa shape index (κ2) is 15.6. The van der Waals surface area contributed by atoms with Crippen molar-refractivity contribution in [1.29, 1.82) is 0 Å². The van der Waals surface area contributed by atoms with Crippen LogP contribution < -0.4 is 0 Å². The SMILES string of the molecule is C=C1CCC[C@@]1(CC)C(=O)CCc1ccc(C/C=C(/Cc2ccc(CCC(=O)C3CCCCC3)cc2)c2ccc(F)cc2)cc1. The lowest BCUT2D eigenvalue weighted by atomic mass is 9.75. The summed E-state index contributed by atoms with van der Waals surface area (Å²) in [7, 11) is 0. The van der Waals surface area contributed by atoms with Crippen LogP contribution in [-0.2, 0) is 35.3 Å². The second-order valence-corrected chi connectivity index (χ2v) is 13.4. The van der Waals surface area contributed by atoms with Gasteiger partial charge in [0.1, 0.15) is 17.4 Å². The molecule has 45 heavy (non-hydrogen) atoms. The van der Waals surface area contributed by atoms with Crippen molar-refractivity contribution in [3.63, 3.8) is 0 Å². The first-order chi connectivity index (χ1) is 21.9. The molecule has 3 aromatic rings. The smallest absolute Gasteiger partial charge is 0.143 e. The summed E-state index contributed by atoms with van der Waals surface area (Å²) in [6.07, 6.45) is 16.2.